The molecule has 4 atom stereocenters. The maximum atomic E-state index is 13.6. The summed E-state index contributed by atoms with van der Waals surface area (Å²) in [7, 11) is 0. The first kappa shape index (κ1) is 18.1. The fourth-order valence-corrected chi connectivity index (χ4v) is 6.88. The Hall–Kier alpha value is -1.99. The Morgan fingerprint density at radius 3 is 2.39 bits per heavy atom. The molecule has 1 aliphatic heterocycles. The Kier molecular flexibility index (Phi) is 3.87. The second-order valence-corrected chi connectivity index (χ2v) is 9.94. The van der Waals surface area contributed by atoms with Gasteiger partial charge in [-0.25, -0.2) is 13.8 Å². The van der Waals surface area contributed by atoms with E-state index in [2.05, 4.69) is 17.2 Å². The molecule has 152 valence electrons. The van der Waals surface area contributed by atoms with E-state index in [0.29, 0.717) is 23.1 Å². The van der Waals surface area contributed by atoms with Crippen molar-refractivity contribution in [2.75, 3.05) is 23.3 Å². The predicted molar refractivity (Wildman–Crippen MR) is 102 cm³/mol. The zero-order chi connectivity index (χ0) is 19.7. The molecule has 1 N–H and O–H groups in total. The number of rotatable bonds is 4. The van der Waals surface area contributed by atoms with Gasteiger partial charge in [0.25, 0.3) is 5.69 Å². The van der Waals surface area contributed by atoms with Crippen molar-refractivity contribution in [2.45, 2.75) is 63.3 Å². The van der Waals surface area contributed by atoms with E-state index < -0.39 is 17.3 Å². The van der Waals surface area contributed by atoms with Gasteiger partial charge >= 0.3 is 0 Å². The Morgan fingerprint density at radius 1 is 1.18 bits per heavy atom. The van der Waals surface area contributed by atoms with Gasteiger partial charge in [0.1, 0.15) is 11.6 Å². The van der Waals surface area contributed by atoms with Crippen molar-refractivity contribution in [3.63, 3.8) is 0 Å². The highest BCUT2D eigenvalue weighted by Crippen LogP contribution is 2.62. The van der Waals surface area contributed by atoms with Crippen LogP contribution in [0.2, 0.25) is 0 Å². The van der Waals surface area contributed by atoms with Gasteiger partial charge in [0.2, 0.25) is 0 Å². The third-order valence-corrected chi connectivity index (χ3v) is 7.26. The lowest BCUT2D eigenvalue weighted by Gasteiger charge is -2.61. The molecule has 2 unspecified atom stereocenters. The van der Waals surface area contributed by atoms with Gasteiger partial charge in [0, 0.05) is 5.54 Å². The maximum Gasteiger partial charge on any atom is 0.276 e. The first-order valence-electron chi connectivity index (χ1n) is 10.2. The van der Waals surface area contributed by atoms with Crippen LogP contribution in [0, 0.1) is 27.4 Å². The second-order valence-electron chi connectivity index (χ2n) is 9.94. The van der Waals surface area contributed by atoms with Crippen LogP contribution in [-0.4, -0.2) is 40.9 Å². The first-order valence-corrected chi connectivity index (χ1v) is 10.2. The Morgan fingerprint density at radius 2 is 1.82 bits per heavy atom. The summed E-state index contributed by atoms with van der Waals surface area (Å²) in [6.07, 6.45) is 3.85. The van der Waals surface area contributed by atoms with Crippen molar-refractivity contribution in [3.05, 3.63) is 22.2 Å². The number of halogens is 2. The number of nitro groups is 1. The van der Waals surface area contributed by atoms with Crippen LogP contribution in [0.25, 0.3) is 0 Å². The zero-order valence-electron chi connectivity index (χ0n) is 16.0. The van der Waals surface area contributed by atoms with Crippen LogP contribution in [0.5, 0.6) is 0 Å². The summed E-state index contributed by atoms with van der Waals surface area (Å²) in [5, 5.41) is 15.0. The highest BCUT2D eigenvalue weighted by atomic mass is 19.2. The quantitative estimate of drug-likeness (QED) is 0.612. The van der Waals surface area contributed by atoms with E-state index in [1.54, 1.807) is 0 Å². The maximum absolute atomic E-state index is 13.6. The SMILES string of the molecule is CC12CC3CC(C1)CC(Nc1cc([N+](=O)[O-])cc(N4C[C@@H](F)[C@@H](F)C4)n1)(C3)C2. The topological polar surface area (TPSA) is 71.3 Å². The second kappa shape index (κ2) is 6.00. The van der Waals surface area contributed by atoms with E-state index in [4.69, 9.17) is 0 Å². The highest BCUT2D eigenvalue weighted by Gasteiger charge is 2.56. The largest absolute Gasteiger partial charge is 0.364 e. The van der Waals surface area contributed by atoms with Crippen LogP contribution in [0.15, 0.2) is 12.1 Å². The molecule has 6 nitrogen and oxygen atoms in total. The van der Waals surface area contributed by atoms with Gasteiger partial charge in [-0.2, -0.15) is 0 Å². The van der Waals surface area contributed by atoms with Crippen molar-refractivity contribution in [1.29, 1.82) is 0 Å². The van der Waals surface area contributed by atoms with Gasteiger partial charge in [-0.3, -0.25) is 10.1 Å². The van der Waals surface area contributed by atoms with Crippen LogP contribution in [-0.2, 0) is 0 Å². The molecule has 8 heteroatoms. The molecule has 5 aliphatic rings. The number of pyridine rings is 1. The number of nitrogens with zero attached hydrogens (tertiary/aromatic N) is 3. The molecule has 0 spiro atoms. The molecule has 6 rings (SSSR count). The van der Waals surface area contributed by atoms with Crippen molar-refractivity contribution in [1.82, 2.24) is 4.98 Å². The van der Waals surface area contributed by atoms with Crippen LogP contribution < -0.4 is 10.2 Å². The molecule has 4 saturated carbocycles. The molecule has 28 heavy (non-hydrogen) atoms. The first-order chi connectivity index (χ1) is 13.2. The van der Waals surface area contributed by atoms with Crippen molar-refractivity contribution in [2.24, 2.45) is 17.3 Å². The molecule has 0 radical (unpaired) electrons. The molecule has 1 aromatic rings. The van der Waals surface area contributed by atoms with Gasteiger partial charge in [-0.05, 0) is 55.8 Å². The highest BCUT2D eigenvalue weighted by molar-refractivity contribution is 5.57. The van der Waals surface area contributed by atoms with Gasteiger partial charge in [0.15, 0.2) is 12.3 Å². The summed E-state index contributed by atoms with van der Waals surface area (Å²) < 4.78 is 27.3. The fourth-order valence-electron chi connectivity index (χ4n) is 6.88. The number of alkyl halides is 2. The summed E-state index contributed by atoms with van der Waals surface area (Å²) in [5.74, 6) is 2.13. The third-order valence-electron chi connectivity index (χ3n) is 7.26. The fraction of sp³-hybridized carbons (Fsp3) is 0.750. The van der Waals surface area contributed by atoms with E-state index in [1.807, 2.05) is 0 Å². The van der Waals surface area contributed by atoms with Gasteiger partial charge in [-0.1, -0.05) is 6.92 Å². The average molecular weight is 392 g/mol. The van der Waals surface area contributed by atoms with Gasteiger partial charge < -0.3 is 10.2 Å². The summed E-state index contributed by atoms with van der Waals surface area (Å²) in [6.45, 7) is 2.12. The minimum Gasteiger partial charge on any atom is -0.364 e. The van der Waals surface area contributed by atoms with Crippen molar-refractivity contribution in [3.8, 4) is 0 Å². The minimum atomic E-state index is -1.58. The monoisotopic (exact) mass is 392 g/mol. The standard InChI is InChI=1S/C20H26F2N4O2/c1-19-5-12-2-13(6-19)8-20(7-12,11-19)24-17-3-14(26(27)28)4-18(23-17)25-9-15(21)16(22)10-25/h3-4,12-13,15-16H,2,5-11H2,1H3,(H,23,24)/t12?,13?,15-,16+,19?,20?. The van der Waals surface area contributed by atoms with Crippen LogP contribution >= 0.6 is 0 Å². The Balaban J connectivity index is 1.46. The van der Waals surface area contributed by atoms with E-state index in [0.717, 1.165) is 19.3 Å². The lowest BCUT2D eigenvalue weighted by molar-refractivity contribution is -0.384. The number of anilines is 2. The molecule has 2 heterocycles. The molecule has 1 aromatic heterocycles. The van der Waals surface area contributed by atoms with Crippen LogP contribution in [0.1, 0.15) is 45.4 Å². The summed E-state index contributed by atoms with van der Waals surface area (Å²) in [5.41, 5.74) is 0.161. The van der Waals surface area contributed by atoms with Gasteiger partial charge in [0.05, 0.1) is 30.1 Å². The Bertz CT molecular complexity index is 795. The molecule has 0 aromatic carbocycles. The molecule has 4 aliphatic carbocycles. The van der Waals surface area contributed by atoms with Crippen LogP contribution in [0.3, 0.4) is 0 Å². The lowest BCUT2D eigenvalue weighted by Crippen LogP contribution is -2.58. The van der Waals surface area contributed by atoms with E-state index in [-0.39, 0.29) is 30.1 Å². The summed E-state index contributed by atoms with van der Waals surface area (Å²) in [4.78, 5) is 17.0. The van der Waals surface area contributed by atoms with Crippen molar-refractivity contribution >= 4 is 17.3 Å². The zero-order valence-corrected chi connectivity index (χ0v) is 16.0. The predicted octanol–water partition coefficient (Wildman–Crippen LogP) is 4.26. The van der Waals surface area contributed by atoms with Crippen LogP contribution in [0.4, 0.5) is 26.1 Å². The summed E-state index contributed by atoms with van der Waals surface area (Å²) >= 11 is 0. The lowest BCUT2D eigenvalue weighted by atomic mass is 9.47. The Labute approximate surface area is 162 Å². The van der Waals surface area contributed by atoms with Crippen molar-refractivity contribution < 1.29 is 13.7 Å². The molecule has 4 bridgehead atoms. The van der Waals surface area contributed by atoms with E-state index >= 15 is 0 Å². The smallest absolute Gasteiger partial charge is 0.276 e. The number of nitrogens with one attached hydrogen (secondary N) is 1. The number of hydrogen-bond acceptors (Lipinski definition) is 5. The van der Waals surface area contributed by atoms with E-state index in [1.165, 1.54) is 36.3 Å². The number of aromatic nitrogens is 1. The normalized spacial score (nSPS) is 41.5. The summed E-state index contributed by atoms with van der Waals surface area (Å²) in [6, 6.07) is 2.78. The van der Waals surface area contributed by atoms with Gasteiger partial charge in [-0.15, -0.1) is 0 Å². The third kappa shape index (κ3) is 3.01. The molecular weight excluding hydrogens is 366 g/mol. The number of hydrogen-bond donors (Lipinski definition) is 1. The molecule has 5 fully saturated rings. The molecule has 0 amide bonds. The average Bonchev–Trinajstić information content (AvgIpc) is 2.91. The van der Waals surface area contributed by atoms with E-state index in [9.17, 15) is 18.9 Å². The molecular formula is C20H26F2N4O2. The molecule has 1 saturated heterocycles. The minimum absolute atomic E-state index is 0.0748.